The van der Waals surface area contributed by atoms with Crippen LogP contribution in [0.2, 0.25) is 0 Å². The second-order valence-electron chi connectivity index (χ2n) is 4.76. The highest BCUT2D eigenvalue weighted by atomic mass is 19.1. The molecule has 0 aliphatic rings. The molecule has 3 N–H and O–H groups in total. The van der Waals surface area contributed by atoms with E-state index in [9.17, 15) is 18.8 Å². The van der Waals surface area contributed by atoms with Crippen LogP contribution in [0, 0.1) is 5.82 Å². The number of rotatable bonds is 8. The van der Waals surface area contributed by atoms with Crippen molar-refractivity contribution < 1.29 is 18.8 Å². The molecule has 5 nitrogen and oxygen atoms in total. The van der Waals surface area contributed by atoms with Gasteiger partial charge in [0.05, 0.1) is 6.42 Å². The first-order chi connectivity index (χ1) is 9.92. The Morgan fingerprint density at radius 3 is 2.62 bits per heavy atom. The Morgan fingerprint density at radius 1 is 1.33 bits per heavy atom. The zero-order valence-electron chi connectivity index (χ0n) is 11.9. The largest absolute Gasteiger partial charge is 0.368 e. The number of halogens is 1. The van der Waals surface area contributed by atoms with Crippen molar-refractivity contribution in [1.29, 1.82) is 0 Å². The van der Waals surface area contributed by atoms with Crippen molar-refractivity contribution in [3.63, 3.8) is 0 Å². The lowest BCUT2D eigenvalue weighted by atomic mass is 10.1. The van der Waals surface area contributed by atoms with Gasteiger partial charge in [-0.05, 0) is 24.1 Å². The van der Waals surface area contributed by atoms with Crippen molar-refractivity contribution in [3.05, 3.63) is 35.6 Å². The molecule has 6 heteroatoms. The van der Waals surface area contributed by atoms with Gasteiger partial charge < -0.3 is 11.1 Å². The molecule has 0 aliphatic carbocycles. The Labute approximate surface area is 122 Å². The van der Waals surface area contributed by atoms with E-state index in [1.807, 2.05) is 0 Å². The maximum Gasteiger partial charge on any atom is 0.240 e. The molecular formula is C15H19FN2O3. The maximum absolute atomic E-state index is 13.0. The van der Waals surface area contributed by atoms with E-state index in [0.717, 1.165) is 0 Å². The molecule has 0 aromatic heterocycles. The molecule has 2 amide bonds. The van der Waals surface area contributed by atoms with Gasteiger partial charge in [0.1, 0.15) is 17.6 Å². The number of carbonyl (C=O) groups excluding carboxylic acids is 3. The summed E-state index contributed by atoms with van der Waals surface area (Å²) in [7, 11) is 0. The normalized spacial score (nSPS) is 11.7. The molecule has 0 saturated carbocycles. The molecule has 0 aliphatic heterocycles. The van der Waals surface area contributed by atoms with E-state index in [1.54, 1.807) is 13.0 Å². The molecule has 21 heavy (non-hydrogen) atoms. The molecule has 1 rings (SSSR count). The van der Waals surface area contributed by atoms with Crippen molar-refractivity contribution >= 4 is 17.6 Å². The van der Waals surface area contributed by atoms with Gasteiger partial charge in [-0.1, -0.05) is 19.1 Å². The summed E-state index contributed by atoms with van der Waals surface area (Å²) in [5.74, 6) is -1.55. The van der Waals surface area contributed by atoms with Gasteiger partial charge in [-0.15, -0.1) is 0 Å². The molecule has 0 unspecified atom stereocenters. The van der Waals surface area contributed by atoms with Gasteiger partial charge in [-0.25, -0.2) is 4.39 Å². The fourth-order valence-corrected chi connectivity index (χ4v) is 1.85. The average molecular weight is 294 g/mol. The van der Waals surface area contributed by atoms with Crippen LogP contribution in [-0.4, -0.2) is 23.6 Å². The summed E-state index contributed by atoms with van der Waals surface area (Å²) in [6, 6.07) is 4.76. The predicted octanol–water partition coefficient (Wildman–Crippen LogP) is 1.10. The van der Waals surface area contributed by atoms with Crippen molar-refractivity contribution in [1.82, 2.24) is 5.32 Å². The lowest BCUT2D eigenvalue weighted by Crippen LogP contribution is -2.45. The van der Waals surface area contributed by atoms with E-state index in [2.05, 4.69) is 5.32 Å². The number of amides is 2. The number of hydrogen-bond donors (Lipinski definition) is 2. The highest BCUT2D eigenvalue weighted by molar-refractivity contribution is 5.88. The zero-order chi connectivity index (χ0) is 15.8. The molecule has 0 saturated heterocycles. The van der Waals surface area contributed by atoms with Crippen LogP contribution in [0.3, 0.4) is 0 Å². The van der Waals surface area contributed by atoms with Crippen LogP contribution in [0.15, 0.2) is 24.3 Å². The van der Waals surface area contributed by atoms with Gasteiger partial charge in [0.2, 0.25) is 11.8 Å². The van der Waals surface area contributed by atoms with E-state index >= 15 is 0 Å². The Hall–Kier alpha value is -2.24. The SMILES string of the molecule is CCC(=O)CC[C@@H](NC(=O)Cc1cccc(F)c1)C(N)=O. The highest BCUT2D eigenvalue weighted by Crippen LogP contribution is 2.05. The summed E-state index contributed by atoms with van der Waals surface area (Å²) in [6.45, 7) is 1.73. The zero-order valence-corrected chi connectivity index (χ0v) is 11.9. The quantitative estimate of drug-likeness (QED) is 0.752. The first-order valence-corrected chi connectivity index (χ1v) is 6.77. The summed E-state index contributed by atoms with van der Waals surface area (Å²) < 4.78 is 13.0. The monoisotopic (exact) mass is 294 g/mol. The third-order valence-corrected chi connectivity index (χ3v) is 3.04. The van der Waals surface area contributed by atoms with Gasteiger partial charge >= 0.3 is 0 Å². The van der Waals surface area contributed by atoms with Crippen molar-refractivity contribution in [2.24, 2.45) is 5.73 Å². The predicted molar refractivity (Wildman–Crippen MR) is 75.8 cm³/mol. The van der Waals surface area contributed by atoms with Crippen LogP contribution in [0.1, 0.15) is 31.7 Å². The second-order valence-corrected chi connectivity index (χ2v) is 4.76. The van der Waals surface area contributed by atoms with Crippen molar-refractivity contribution in [3.8, 4) is 0 Å². The minimum atomic E-state index is -0.887. The van der Waals surface area contributed by atoms with Gasteiger partial charge in [-0.3, -0.25) is 14.4 Å². The molecule has 0 spiro atoms. The van der Waals surface area contributed by atoms with Crippen LogP contribution in [0.25, 0.3) is 0 Å². The second kappa shape index (κ2) is 8.14. The highest BCUT2D eigenvalue weighted by Gasteiger charge is 2.19. The third kappa shape index (κ3) is 6.16. The molecule has 1 atom stereocenters. The van der Waals surface area contributed by atoms with E-state index in [-0.39, 0.29) is 25.0 Å². The van der Waals surface area contributed by atoms with E-state index in [4.69, 9.17) is 5.73 Å². The Morgan fingerprint density at radius 2 is 2.05 bits per heavy atom. The number of carbonyl (C=O) groups is 3. The molecule has 0 fully saturated rings. The Balaban J connectivity index is 2.56. The number of primary amides is 1. The maximum atomic E-state index is 13.0. The Kier molecular flexibility index (Phi) is 6.52. The summed E-state index contributed by atoms with van der Waals surface area (Å²) in [4.78, 5) is 34.4. The van der Waals surface area contributed by atoms with E-state index < -0.39 is 23.7 Å². The standard InChI is InChI=1S/C15H19FN2O3/c1-2-12(19)6-7-13(15(17)21)18-14(20)9-10-4-3-5-11(16)8-10/h3-5,8,13H,2,6-7,9H2,1H3,(H2,17,21)(H,18,20)/t13-/m1/s1. The molecular weight excluding hydrogens is 275 g/mol. The molecule has 1 aromatic rings. The van der Waals surface area contributed by atoms with Gasteiger partial charge in [0.15, 0.2) is 0 Å². The molecule has 114 valence electrons. The topological polar surface area (TPSA) is 89.3 Å². The van der Waals surface area contributed by atoms with Gasteiger partial charge in [0, 0.05) is 12.8 Å². The van der Waals surface area contributed by atoms with Gasteiger partial charge in [-0.2, -0.15) is 0 Å². The minimum Gasteiger partial charge on any atom is -0.368 e. The minimum absolute atomic E-state index is 0.000583. The van der Waals surface area contributed by atoms with Crippen molar-refractivity contribution in [2.45, 2.75) is 38.6 Å². The number of nitrogens with two attached hydrogens (primary N) is 1. The molecule has 1 aromatic carbocycles. The number of Topliss-reactive ketones (excluding diaryl/α,β-unsaturated/α-hetero) is 1. The first-order valence-electron chi connectivity index (χ1n) is 6.77. The van der Waals surface area contributed by atoms with Crippen LogP contribution in [-0.2, 0) is 20.8 Å². The lowest BCUT2D eigenvalue weighted by molar-refractivity contribution is -0.127. The fourth-order valence-electron chi connectivity index (χ4n) is 1.85. The first kappa shape index (κ1) is 16.8. The fraction of sp³-hybridized carbons (Fsp3) is 0.400. The number of hydrogen-bond acceptors (Lipinski definition) is 3. The molecule has 0 radical (unpaired) electrons. The van der Waals surface area contributed by atoms with E-state index in [1.165, 1.54) is 18.2 Å². The Bertz CT molecular complexity index is 531. The van der Waals surface area contributed by atoms with Crippen LogP contribution in [0.4, 0.5) is 4.39 Å². The van der Waals surface area contributed by atoms with Crippen LogP contribution in [0.5, 0.6) is 0 Å². The van der Waals surface area contributed by atoms with E-state index in [0.29, 0.717) is 12.0 Å². The van der Waals surface area contributed by atoms with Crippen LogP contribution >= 0.6 is 0 Å². The number of nitrogens with one attached hydrogen (secondary N) is 1. The van der Waals surface area contributed by atoms with Crippen LogP contribution < -0.4 is 11.1 Å². The molecule has 0 bridgehead atoms. The number of benzene rings is 1. The summed E-state index contributed by atoms with van der Waals surface area (Å²) in [5, 5.41) is 2.48. The molecule has 0 heterocycles. The summed E-state index contributed by atoms with van der Waals surface area (Å²) >= 11 is 0. The smallest absolute Gasteiger partial charge is 0.240 e. The summed E-state index contributed by atoms with van der Waals surface area (Å²) in [6.07, 6.45) is 0.688. The van der Waals surface area contributed by atoms with Gasteiger partial charge in [0.25, 0.3) is 0 Å². The summed E-state index contributed by atoms with van der Waals surface area (Å²) in [5.41, 5.74) is 5.71. The average Bonchev–Trinajstić information content (AvgIpc) is 2.42. The lowest BCUT2D eigenvalue weighted by Gasteiger charge is -2.15. The number of ketones is 1. The van der Waals surface area contributed by atoms with Crippen molar-refractivity contribution in [2.75, 3.05) is 0 Å². The third-order valence-electron chi connectivity index (χ3n) is 3.04.